The molecule has 322 valence electrons. The first-order chi connectivity index (χ1) is 28.8. The topological polar surface area (TPSA) is 140 Å². The Hall–Kier alpha value is -4.62. The van der Waals surface area contributed by atoms with Crippen molar-refractivity contribution in [2.75, 3.05) is 46.0 Å². The van der Waals surface area contributed by atoms with Gasteiger partial charge < -0.3 is 34.6 Å². The predicted octanol–water partition coefficient (Wildman–Crippen LogP) is 7.87. The third-order valence-electron chi connectivity index (χ3n) is 10.4. The number of alkyl halides is 3. The van der Waals surface area contributed by atoms with Crippen LogP contribution in [0.3, 0.4) is 0 Å². The number of ether oxygens (including phenoxy) is 3. The van der Waals surface area contributed by atoms with E-state index in [0.717, 1.165) is 61.2 Å². The van der Waals surface area contributed by atoms with Crippen LogP contribution in [-0.2, 0) is 24.6 Å². The molecule has 0 spiro atoms. The Bertz CT molecular complexity index is 2090. The fourth-order valence-corrected chi connectivity index (χ4v) is 7.60. The van der Waals surface area contributed by atoms with Crippen LogP contribution in [0, 0.1) is 18.3 Å². The first-order valence-electron chi connectivity index (χ1n) is 19.7. The number of nitrogens with zero attached hydrogens (tertiary/aromatic N) is 4. The summed E-state index contributed by atoms with van der Waals surface area (Å²) in [4.78, 5) is 19.2. The molecule has 0 unspecified atom stereocenters. The molecule has 1 aliphatic rings. The van der Waals surface area contributed by atoms with Gasteiger partial charge in [0.05, 0.1) is 47.9 Å². The van der Waals surface area contributed by atoms with Gasteiger partial charge in [-0.05, 0) is 61.1 Å². The van der Waals surface area contributed by atoms with E-state index < -0.39 is 38.4 Å². The third-order valence-corrected chi connectivity index (χ3v) is 11.1. The summed E-state index contributed by atoms with van der Waals surface area (Å²) >= 11 is 13.7. The van der Waals surface area contributed by atoms with Gasteiger partial charge in [0.2, 0.25) is 5.91 Å². The highest BCUT2D eigenvalue weighted by Gasteiger charge is 2.30. The number of nitrogens with one attached hydrogen (secondary N) is 1. The predicted molar refractivity (Wildman–Crippen MR) is 223 cm³/mol. The van der Waals surface area contributed by atoms with E-state index in [1.807, 2.05) is 49.4 Å². The number of rotatable bonds is 20. The summed E-state index contributed by atoms with van der Waals surface area (Å²) in [5.74, 6) is 1.07. The Labute approximate surface area is 358 Å². The minimum absolute atomic E-state index is 0.00752. The number of amides is 1. The molecule has 3 aromatic carbocycles. The van der Waals surface area contributed by atoms with Crippen molar-refractivity contribution in [1.29, 1.82) is 5.26 Å². The number of aromatic nitrogens is 1. The number of carbonyl (C=O) groups is 1. The lowest BCUT2D eigenvalue weighted by atomic mass is 9.96. The molecule has 4 aromatic rings. The van der Waals surface area contributed by atoms with Crippen molar-refractivity contribution >= 4 is 29.1 Å². The first kappa shape index (κ1) is 46.4. The highest BCUT2D eigenvalue weighted by Crippen LogP contribution is 2.39. The number of nitriles is 1. The molecule has 1 saturated heterocycles. The van der Waals surface area contributed by atoms with Gasteiger partial charge in [0, 0.05) is 80.8 Å². The van der Waals surface area contributed by atoms with Crippen LogP contribution in [-0.4, -0.2) is 95.2 Å². The molecule has 1 aliphatic heterocycles. The maximum absolute atomic E-state index is 13.3. The number of piperidine rings is 1. The van der Waals surface area contributed by atoms with Crippen molar-refractivity contribution < 1.29 is 42.4 Å². The number of halogens is 5. The lowest BCUT2D eigenvalue weighted by Gasteiger charge is -2.32. The molecule has 1 fully saturated rings. The quantitative estimate of drug-likeness (QED) is 0.0752. The maximum atomic E-state index is 13.3. The van der Waals surface area contributed by atoms with Crippen LogP contribution >= 0.6 is 23.2 Å². The molecular weight excluding hydrogens is 822 g/mol. The Morgan fingerprint density at radius 3 is 2.40 bits per heavy atom. The minimum atomic E-state index is -4.46. The molecule has 1 amide bonds. The van der Waals surface area contributed by atoms with E-state index in [0.29, 0.717) is 34.1 Å². The zero-order chi connectivity index (χ0) is 43.2. The molecule has 3 N–H and O–H groups in total. The average Bonchev–Trinajstić information content (AvgIpc) is 3.22. The normalized spacial score (nSPS) is 13.7. The van der Waals surface area contributed by atoms with E-state index in [1.54, 1.807) is 19.1 Å². The lowest BCUT2D eigenvalue weighted by molar-refractivity contribution is -0.140. The Kier molecular flexibility index (Phi) is 17.3. The molecule has 5 rings (SSSR count). The molecule has 11 nitrogen and oxygen atoms in total. The smallest absolute Gasteiger partial charge is 0.390 e. The number of hydrogen-bond acceptors (Lipinski definition) is 10. The van der Waals surface area contributed by atoms with Gasteiger partial charge in [-0.3, -0.25) is 14.7 Å². The summed E-state index contributed by atoms with van der Waals surface area (Å²) in [6.45, 7) is 5.02. The van der Waals surface area contributed by atoms with Crippen LogP contribution in [0.5, 0.6) is 17.2 Å². The number of pyridine rings is 1. The van der Waals surface area contributed by atoms with Crippen LogP contribution in [0.1, 0.15) is 60.4 Å². The second-order valence-electron chi connectivity index (χ2n) is 14.7. The zero-order valence-electron chi connectivity index (χ0n) is 33.6. The van der Waals surface area contributed by atoms with Gasteiger partial charge in [-0.15, -0.1) is 0 Å². The van der Waals surface area contributed by atoms with Crippen LogP contribution in [0.4, 0.5) is 13.2 Å². The summed E-state index contributed by atoms with van der Waals surface area (Å²) in [5, 5.41) is 32.8. The van der Waals surface area contributed by atoms with E-state index in [2.05, 4.69) is 15.2 Å². The minimum Gasteiger partial charge on any atom is -0.492 e. The molecule has 0 radical (unpaired) electrons. The van der Waals surface area contributed by atoms with Crippen LogP contribution in [0.25, 0.3) is 11.1 Å². The summed E-state index contributed by atoms with van der Waals surface area (Å²) in [7, 11) is 0. The molecule has 2 heterocycles. The Morgan fingerprint density at radius 1 is 0.983 bits per heavy atom. The van der Waals surface area contributed by atoms with Crippen molar-refractivity contribution in [1.82, 2.24) is 20.1 Å². The van der Waals surface area contributed by atoms with Gasteiger partial charge in [0.25, 0.3) is 0 Å². The second-order valence-corrected chi connectivity index (χ2v) is 15.5. The van der Waals surface area contributed by atoms with Gasteiger partial charge in [0.1, 0.15) is 36.5 Å². The molecule has 0 aliphatic carbocycles. The number of carbonyl (C=O) groups excluding carboxylic acids is 1. The van der Waals surface area contributed by atoms with Gasteiger partial charge in [0.15, 0.2) is 0 Å². The van der Waals surface area contributed by atoms with E-state index >= 15 is 0 Å². The Morgan fingerprint density at radius 2 is 1.70 bits per heavy atom. The summed E-state index contributed by atoms with van der Waals surface area (Å²) in [5.41, 5.74) is 4.72. The number of aliphatic hydroxyl groups is 2. The van der Waals surface area contributed by atoms with E-state index in [-0.39, 0.29) is 48.2 Å². The van der Waals surface area contributed by atoms with Crippen molar-refractivity contribution in [2.24, 2.45) is 0 Å². The van der Waals surface area contributed by atoms with E-state index in [4.69, 9.17) is 37.4 Å². The second kappa shape index (κ2) is 22.3. The summed E-state index contributed by atoms with van der Waals surface area (Å²) < 4.78 is 58.4. The fourth-order valence-electron chi connectivity index (χ4n) is 7.08. The van der Waals surface area contributed by atoms with Crippen molar-refractivity contribution in [3.63, 3.8) is 0 Å². The van der Waals surface area contributed by atoms with Crippen molar-refractivity contribution in [3.8, 4) is 34.4 Å². The Balaban J connectivity index is 1.30. The monoisotopic (exact) mass is 871 g/mol. The number of likely N-dealkylation sites (tertiary alicyclic amines) is 1. The van der Waals surface area contributed by atoms with Gasteiger partial charge >= 0.3 is 6.18 Å². The molecule has 0 bridgehead atoms. The van der Waals surface area contributed by atoms with E-state index in [9.17, 15) is 33.4 Å². The maximum Gasteiger partial charge on any atom is 0.390 e. The summed E-state index contributed by atoms with van der Waals surface area (Å²) in [6, 6.07) is 17.4. The summed E-state index contributed by atoms with van der Waals surface area (Å²) in [6.07, 6.45) is -0.00370. The number of benzene rings is 3. The molecule has 0 atom stereocenters. The molecule has 1 aromatic heterocycles. The van der Waals surface area contributed by atoms with Gasteiger partial charge in [-0.25, -0.2) is 0 Å². The highest BCUT2D eigenvalue weighted by atomic mass is 35.5. The lowest BCUT2D eigenvalue weighted by Crippen LogP contribution is -2.44. The van der Waals surface area contributed by atoms with Crippen molar-refractivity contribution in [3.05, 3.63) is 105 Å². The standard InChI is InChI=1S/C44H50Cl2F3N5O6/c1-29-33(6-3-7-37(29)38-8-4-9-40(43(38)46)58-17-5-13-53-14-10-35(11-15-53)52-30(2)57)28-60-42-20-41(59-27-32-18-31(21-50)22-51-23-32)34(19-39(42)45)24-54(36(25-55)26-56)16-12-44(47,48)49/h3-4,6-9,18-20,22-23,35-36,55-56H,5,10-17,24-28H2,1-2H3,(H,52,57). The molecule has 60 heavy (non-hydrogen) atoms. The number of aliphatic hydroxyl groups excluding tert-OH is 2. The molecular formula is C44H50Cl2F3N5O6. The highest BCUT2D eigenvalue weighted by molar-refractivity contribution is 6.35. The SMILES string of the molecule is CC(=O)NC1CCN(CCCOc2cccc(-c3cccc(COc4cc(OCc5cncc(C#N)c5)c(CN(CCC(F)(F)F)C(CO)CO)cc4Cl)c3C)c2Cl)CC1. The van der Waals surface area contributed by atoms with Crippen LogP contribution in [0.2, 0.25) is 10.0 Å². The molecule has 16 heteroatoms. The molecule has 0 saturated carbocycles. The van der Waals surface area contributed by atoms with E-state index in [1.165, 1.54) is 23.4 Å². The largest absolute Gasteiger partial charge is 0.492 e. The third kappa shape index (κ3) is 13.4. The number of hydrogen-bond donors (Lipinski definition) is 3. The first-order valence-corrected chi connectivity index (χ1v) is 20.5. The van der Waals surface area contributed by atoms with Gasteiger partial charge in [-0.1, -0.05) is 53.5 Å². The van der Waals surface area contributed by atoms with Crippen molar-refractivity contribution in [2.45, 2.75) is 77.5 Å². The van der Waals surface area contributed by atoms with Crippen LogP contribution < -0.4 is 19.5 Å². The fraction of sp³-hybridized carbons (Fsp3) is 0.432. The average molecular weight is 873 g/mol. The van der Waals surface area contributed by atoms with Gasteiger partial charge in [-0.2, -0.15) is 18.4 Å². The zero-order valence-corrected chi connectivity index (χ0v) is 35.1. The van der Waals surface area contributed by atoms with Crippen LogP contribution in [0.15, 0.2) is 67.0 Å².